The van der Waals surface area contributed by atoms with Gasteiger partial charge in [-0.1, -0.05) is 34.6 Å². The summed E-state index contributed by atoms with van der Waals surface area (Å²) in [5, 5.41) is 0. The number of rotatable bonds is 1. The Morgan fingerprint density at radius 1 is 1.08 bits per heavy atom. The fourth-order valence-corrected chi connectivity index (χ4v) is 5.75. The van der Waals surface area contributed by atoms with Gasteiger partial charge >= 0.3 is 0 Å². The molecule has 0 N–H and O–H groups in total. The monoisotopic (exact) mass is 178 g/mol. The Labute approximate surface area is 82.1 Å². The molecule has 0 amide bonds. The molecule has 0 radical (unpaired) electrons. The third-order valence-electron chi connectivity index (χ3n) is 6.86. The molecule has 0 heteroatoms. The van der Waals surface area contributed by atoms with E-state index in [1.165, 1.54) is 12.8 Å². The summed E-state index contributed by atoms with van der Waals surface area (Å²) in [6, 6.07) is 0. The summed E-state index contributed by atoms with van der Waals surface area (Å²) >= 11 is 0. The summed E-state index contributed by atoms with van der Waals surface area (Å²) in [6.07, 6.45) is 3.06. The van der Waals surface area contributed by atoms with E-state index in [0.717, 1.165) is 28.6 Å². The van der Waals surface area contributed by atoms with Gasteiger partial charge in [0.15, 0.2) is 0 Å². The van der Waals surface area contributed by atoms with Gasteiger partial charge in [0.05, 0.1) is 0 Å². The first-order valence-electron chi connectivity index (χ1n) is 5.89. The summed E-state index contributed by atoms with van der Waals surface area (Å²) in [5.41, 5.74) is 2.19. The van der Waals surface area contributed by atoms with Crippen LogP contribution < -0.4 is 0 Å². The van der Waals surface area contributed by atoms with Crippen LogP contribution in [0.1, 0.15) is 47.5 Å². The van der Waals surface area contributed by atoms with E-state index in [-0.39, 0.29) is 0 Å². The van der Waals surface area contributed by atoms with Gasteiger partial charge < -0.3 is 0 Å². The van der Waals surface area contributed by atoms with Gasteiger partial charge in [-0.15, -0.1) is 0 Å². The first-order chi connectivity index (χ1) is 5.89. The largest absolute Gasteiger partial charge is 0.0625 e. The van der Waals surface area contributed by atoms with Crippen molar-refractivity contribution in [2.24, 2.45) is 34.0 Å². The van der Waals surface area contributed by atoms with E-state index in [1.807, 2.05) is 0 Å². The zero-order chi connectivity index (χ0) is 9.65. The van der Waals surface area contributed by atoms with Crippen molar-refractivity contribution < 1.29 is 0 Å². The van der Waals surface area contributed by atoms with Crippen LogP contribution in [-0.2, 0) is 0 Å². The average molecular weight is 178 g/mol. The number of hydrogen-bond acceptors (Lipinski definition) is 0. The summed E-state index contributed by atoms with van der Waals surface area (Å²) in [7, 11) is 0. The van der Waals surface area contributed by atoms with E-state index in [4.69, 9.17) is 0 Å². The second-order valence-electron chi connectivity index (χ2n) is 6.72. The Morgan fingerprint density at radius 3 is 2.00 bits per heavy atom. The molecule has 0 heterocycles. The predicted octanol–water partition coefficient (Wildman–Crippen LogP) is 3.71. The van der Waals surface area contributed by atoms with Gasteiger partial charge in [-0.3, -0.25) is 0 Å². The highest BCUT2D eigenvalue weighted by Crippen LogP contribution is 2.98. The van der Waals surface area contributed by atoms with Crippen LogP contribution in [0.15, 0.2) is 0 Å². The van der Waals surface area contributed by atoms with Crippen molar-refractivity contribution in [3.63, 3.8) is 0 Å². The highest BCUT2D eigenvalue weighted by atomic mass is 15.0. The summed E-state index contributed by atoms with van der Waals surface area (Å²) < 4.78 is 0. The van der Waals surface area contributed by atoms with Gasteiger partial charge in [0, 0.05) is 0 Å². The predicted molar refractivity (Wildman–Crippen MR) is 55.4 cm³/mol. The summed E-state index contributed by atoms with van der Waals surface area (Å²) in [5.74, 6) is 2.99. The Kier molecular flexibility index (Phi) is 1.10. The van der Waals surface area contributed by atoms with E-state index >= 15 is 0 Å². The lowest BCUT2D eigenvalue weighted by molar-refractivity contribution is 0.0605. The molecule has 0 saturated heterocycles. The maximum atomic E-state index is 2.57. The SMILES string of the molecule is CC(C)C1CC2CC3(C)C2(C)C13C. The maximum Gasteiger partial charge on any atom is -0.0174 e. The second-order valence-corrected chi connectivity index (χ2v) is 6.72. The quantitative estimate of drug-likeness (QED) is 0.574. The third kappa shape index (κ3) is 0.480. The first-order valence-corrected chi connectivity index (χ1v) is 5.89. The van der Waals surface area contributed by atoms with Crippen LogP contribution in [0.3, 0.4) is 0 Å². The molecule has 0 aromatic rings. The van der Waals surface area contributed by atoms with E-state index in [0.29, 0.717) is 5.41 Å². The van der Waals surface area contributed by atoms with Gasteiger partial charge in [0.2, 0.25) is 0 Å². The van der Waals surface area contributed by atoms with Crippen molar-refractivity contribution in [2.45, 2.75) is 47.5 Å². The van der Waals surface area contributed by atoms with E-state index in [9.17, 15) is 0 Å². The average Bonchev–Trinajstić information content (AvgIpc) is 2.29. The topological polar surface area (TPSA) is 0 Å². The fraction of sp³-hybridized carbons (Fsp3) is 1.00. The summed E-state index contributed by atoms with van der Waals surface area (Å²) in [4.78, 5) is 0. The van der Waals surface area contributed by atoms with Gasteiger partial charge in [-0.25, -0.2) is 0 Å². The van der Waals surface area contributed by atoms with Crippen LogP contribution in [0.25, 0.3) is 0 Å². The Morgan fingerprint density at radius 2 is 1.69 bits per heavy atom. The lowest BCUT2D eigenvalue weighted by Gasteiger charge is -2.43. The minimum atomic E-state index is 0.707. The van der Waals surface area contributed by atoms with Crippen molar-refractivity contribution in [2.75, 3.05) is 0 Å². The maximum absolute atomic E-state index is 2.57. The third-order valence-corrected chi connectivity index (χ3v) is 6.86. The molecule has 13 heavy (non-hydrogen) atoms. The highest BCUT2D eigenvalue weighted by Gasteiger charge is 2.92. The van der Waals surface area contributed by atoms with Crippen LogP contribution >= 0.6 is 0 Å². The van der Waals surface area contributed by atoms with Crippen molar-refractivity contribution >= 4 is 0 Å². The molecule has 3 rings (SSSR count). The molecule has 0 nitrogen and oxygen atoms in total. The molecule has 5 atom stereocenters. The van der Waals surface area contributed by atoms with E-state index in [1.54, 1.807) is 0 Å². The molecule has 0 aromatic carbocycles. The number of fused-ring (bicyclic) bond motifs is 1. The van der Waals surface area contributed by atoms with E-state index in [2.05, 4.69) is 34.6 Å². The van der Waals surface area contributed by atoms with Crippen molar-refractivity contribution in [3.8, 4) is 0 Å². The molecule has 3 aliphatic rings. The van der Waals surface area contributed by atoms with Crippen molar-refractivity contribution in [3.05, 3.63) is 0 Å². The molecule has 3 saturated carbocycles. The molecule has 5 unspecified atom stereocenters. The van der Waals surface area contributed by atoms with Crippen LogP contribution in [0.2, 0.25) is 0 Å². The second kappa shape index (κ2) is 1.73. The van der Waals surface area contributed by atoms with Crippen LogP contribution in [-0.4, -0.2) is 0 Å². The normalized spacial score (nSPS) is 67.8. The molecular weight excluding hydrogens is 156 g/mol. The molecule has 3 fully saturated rings. The Hall–Kier alpha value is 0. The minimum Gasteiger partial charge on any atom is -0.0625 e. The van der Waals surface area contributed by atoms with Gasteiger partial charge in [-0.2, -0.15) is 0 Å². The number of hydrogen-bond donors (Lipinski definition) is 0. The standard InChI is InChI=1S/C13H22/c1-8(2)10-6-9-7-11(3)12(9,4)13(10,11)5/h8-10H,6-7H2,1-5H3. The molecule has 0 aromatic heterocycles. The van der Waals surface area contributed by atoms with Gasteiger partial charge in [-0.05, 0) is 46.8 Å². The first kappa shape index (κ1) is 8.32. The minimum absolute atomic E-state index is 0.707. The highest BCUT2D eigenvalue weighted by molar-refractivity contribution is 5.40. The molecule has 0 aliphatic heterocycles. The molecule has 0 spiro atoms. The Balaban J connectivity index is 2.02. The van der Waals surface area contributed by atoms with Crippen LogP contribution in [0.5, 0.6) is 0 Å². The summed E-state index contributed by atoms with van der Waals surface area (Å²) in [6.45, 7) is 12.5. The van der Waals surface area contributed by atoms with E-state index < -0.39 is 0 Å². The molecule has 3 aliphatic carbocycles. The Bertz CT molecular complexity index is 280. The van der Waals surface area contributed by atoms with Crippen molar-refractivity contribution in [1.82, 2.24) is 0 Å². The molecular formula is C13H22. The molecule has 74 valence electrons. The van der Waals surface area contributed by atoms with Crippen LogP contribution in [0, 0.1) is 34.0 Å². The molecule has 0 bridgehead atoms. The fourth-order valence-electron chi connectivity index (χ4n) is 5.75. The van der Waals surface area contributed by atoms with Gasteiger partial charge in [0.1, 0.15) is 0 Å². The lowest BCUT2D eigenvalue weighted by Crippen LogP contribution is -2.35. The van der Waals surface area contributed by atoms with Crippen LogP contribution in [0.4, 0.5) is 0 Å². The smallest absolute Gasteiger partial charge is 0.0174 e. The lowest BCUT2D eigenvalue weighted by atomic mass is 9.62. The zero-order valence-electron chi connectivity index (χ0n) is 9.65. The van der Waals surface area contributed by atoms with Crippen molar-refractivity contribution in [1.29, 1.82) is 0 Å². The zero-order valence-corrected chi connectivity index (χ0v) is 9.65. The van der Waals surface area contributed by atoms with Gasteiger partial charge in [0.25, 0.3) is 0 Å².